The summed E-state index contributed by atoms with van der Waals surface area (Å²) in [6, 6.07) is 15.6. The average molecular weight is 464 g/mol. The van der Waals surface area contributed by atoms with E-state index in [-0.39, 0.29) is 29.0 Å². The number of hydrogen-bond donors (Lipinski definition) is 1. The first kappa shape index (κ1) is 22.2. The molecule has 2 aromatic heterocycles. The van der Waals surface area contributed by atoms with Crippen LogP contribution in [0.4, 0.5) is 0 Å². The third kappa shape index (κ3) is 4.35. The second kappa shape index (κ2) is 8.87. The van der Waals surface area contributed by atoms with Gasteiger partial charge in [-0.05, 0) is 54.4 Å². The van der Waals surface area contributed by atoms with Gasteiger partial charge < -0.3 is 9.84 Å². The fraction of sp³-hybridized carbons (Fsp3) is 0.125. The highest BCUT2D eigenvalue weighted by Crippen LogP contribution is 2.30. The molecule has 33 heavy (non-hydrogen) atoms. The van der Waals surface area contributed by atoms with Crippen molar-refractivity contribution in [3.63, 3.8) is 0 Å². The summed E-state index contributed by atoms with van der Waals surface area (Å²) in [6.45, 7) is 0. The highest BCUT2D eigenvalue weighted by atomic mass is 32.2. The first-order chi connectivity index (χ1) is 15.8. The van der Waals surface area contributed by atoms with E-state index >= 15 is 0 Å². The molecule has 4 aromatic rings. The first-order valence-electron chi connectivity index (χ1n) is 10.0. The lowest BCUT2D eigenvalue weighted by molar-refractivity contribution is -0.136. The molecule has 2 heterocycles. The number of methoxy groups -OCH3 is 1. The maximum atomic E-state index is 13.6. The maximum absolute atomic E-state index is 13.6. The first-order valence-corrected chi connectivity index (χ1v) is 11.5. The van der Waals surface area contributed by atoms with Crippen molar-refractivity contribution in [2.24, 2.45) is 0 Å². The molecule has 2 aromatic carbocycles. The Morgan fingerprint density at radius 2 is 1.88 bits per heavy atom. The van der Waals surface area contributed by atoms with E-state index in [4.69, 9.17) is 9.84 Å². The number of carboxylic acid groups (broad SMARTS) is 1. The molecule has 0 aliphatic carbocycles. The number of rotatable bonds is 8. The van der Waals surface area contributed by atoms with E-state index in [1.54, 1.807) is 36.4 Å². The molecule has 0 bridgehead atoms. The second-order valence-corrected chi connectivity index (χ2v) is 9.12. The Hall–Kier alpha value is -3.98. The third-order valence-electron chi connectivity index (χ3n) is 5.22. The van der Waals surface area contributed by atoms with Crippen LogP contribution in [-0.4, -0.2) is 41.3 Å². The lowest BCUT2D eigenvalue weighted by Crippen LogP contribution is -2.13. The molecule has 0 saturated carbocycles. The summed E-state index contributed by atoms with van der Waals surface area (Å²) in [7, 11) is -2.59. The normalized spacial score (nSPS) is 11.4. The lowest BCUT2D eigenvalue weighted by atomic mass is 10.1. The largest absolute Gasteiger partial charge is 0.497 e. The number of aliphatic carboxylic acids is 1. The summed E-state index contributed by atoms with van der Waals surface area (Å²) in [5.41, 5.74) is 1.36. The number of ether oxygens (including phenoxy) is 1. The fourth-order valence-corrected chi connectivity index (χ4v) is 5.01. The van der Waals surface area contributed by atoms with Crippen molar-refractivity contribution in [3.8, 4) is 5.75 Å². The number of pyridine rings is 1. The van der Waals surface area contributed by atoms with Gasteiger partial charge in [0.1, 0.15) is 11.4 Å². The van der Waals surface area contributed by atoms with Crippen LogP contribution in [0, 0.1) is 0 Å². The minimum absolute atomic E-state index is 0.0678. The van der Waals surface area contributed by atoms with Crippen molar-refractivity contribution in [1.29, 1.82) is 0 Å². The van der Waals surface area contributed by atoms with E-state index in [1.807, 2.05) is 0 Å². The molecule has 0 aliphatic rings. The molecular formula is C24H20N2O6S. The number of hydrogen-bond acceptors (Lipinski definition) is 6. The number of carbonyl (C=O) groups is 2. The Labute approximate surface area is 190 Å². The Morgan fingerprint density at radius 3 is 2.58 bits per heavy atom. The predicted octanol–water partition coefficient (Wildman–Crippen LogP) is 3.53. The van der Waals surface area contributed by atoms with Gasteiger partial charge in [0.2, 0.25) is 5.78 Å². The van der Waals surface area contributed by atoms with Gasteiger partial charge >= 0.3 is 5.97 Å². The third-order valence-corrected chi connectivity index (χ3v) is 6.89. The van der Waals surface area contributed by atoms with Crippen LogP contribution in [0.2, 0.25) is 0 Å². The molecule has 0 fully saturated rings. The van der Waals surface area contributed by atoms with Crippen LogP contribution in [0.5, 0.6) is 5.75 Å². The number of carboxylic acids is 1. The zero-order valence-electron chi connectivity index (χ0n) is 17.6. The van der Waals surface area contributed by atoms with Crippen LogP contribution < -0.4 is 4.74 Å². The van der Waals surface area contributed by atoms with Gasteiger partial charge in [0.05, 0.1) is 17.5 Å². The minimum Gasteiger partial charge on any atom is -0.497 e. The van der Waals surface area contributed by atoms with E-state index in [1.165, 1.54) is 43.8 Å². The second-order valence-electron chi connectivity index (χ2n) is 7.30. The molecule has 9 heteroatoms. The van der Waals surface area contributed by atoms with E-state index in [0.29, 0.717) is 22.2 Å². The van der Waals surface area contributed by atoms with Crippen molar-refractivity contribution < 1.29 is 27.9 Å². The van der Waals surface area contributed by atoms with Gasteiger partial charge in [0, 0.05) is 29.8 Å². The number of nitrogens with zero attached hydrogens (tertiary/aromatic N) is 2. The Kier molecular flexibility index (Phi) is 5.97. The van der Waals surface area contributed by atoms with Crippen LogP contribution >= 0.6 is 0 Å². The van der Waals surface area contributed by atoms with Gasteiger partial charge in [-0.3, -0.25) is 14.6 Å². The maximum Gasteiger partial charge on any atom is 0.303 e. The summed E-state index contributed by atoms with van der Waals surface area (Å²) in [6.07, 6.45) is 2.92. The van der Waals surface area contributed by atoms with Crippen molar-refractivity contribution in [2.75, 3.05) is 7.11 Å². The molecule has 1 N–H and O–H groups in total. The van der Waals surface area contributed by atoms with Crippen LogP contribution in [0.15, 0.2) is 78.0 Å². The standard InChI is InChI=1S/C24H20N2O6S/c1-32-18-9-10-22-20(14-18)17(8-11-23(27)28)15-26(22)33(30,31)19-6-4-5-16(13-19)24(29)21-7-2-3-12-25-21/h2-7,9-10,12-15H,8,11H2,1H3,(H,27,28). The molecule has 0 aliphatic heterocycles. The van der Waals surface area contributed by atoms with Gasteiger partial charge in [-0.1, -0.05) is 18.2 Å². The number of aromatic nitrogens is 2. The Bertz CT molecular complexity index is 1460. The van der Waals surface area contributed by atoms with Crippen LogP contribution in [-0.2, 0) is 21.2 Å². The fourth-order valence-electron chi connectivity index (χ4n) is 3.57. The molecule has 4 rings (SSSR count). The quantitative estimate of drug-likeness (QED) is 0.397. The van der Waals surface area contributed by atoms with Gasteiger partial charge in [0.25, 0.3) is 10.0 Å². The molecule has 8 nitrogen and oxygen atoms in total. The molecule has 0 atom stereocenters. The monoisotopic (exact) mass is 464 g/mol. The van der Waals surface area contributed by atoms with E-state index in [2.05, 4.69) is 4.98 Å². The van der Waals surface area contributed by atoms with Crippen LogP contribution in [0.1, 0.15) is 28.0 Å². The van der Waals surface area contributed by atoms with Gasteiger partial charge in [0.15, 0.2) is 0 Å². The number of fused-ring (bicyclic) bond motifs is 1. The number of carbonyl (C=O) groups excluding carboxylic acids is 1. The SMILES string of the molecule is COc1ccc2c(c1)c(CCC(=O)O)cn2S(=O)(=O)c1cccc(C(=O)c2ccccn2)c1. The summed E-state index contributed by atoms with van der Waals surface area (Å²) in [5.74, 6) is -0.850. The number of ketones is 1. The smallest absolute Gasteiger partial charge is 0.303 e. The molecule has 168 valence electrons. The zero-order chi connectivity index (χ0) is 23.6. The molecule has 0 radical (unpaired) electrons. The summed E-state index contributed by atoms with van der Waals surface area (Å²) in [5, 5.41) is 9.67. The predicted molar refractivity (Wildman–Crippen MR) is 121 cm³/mol. The van der Waals surface area contributed by atoms with Gasteiger partial charge in [-0.25, -0.2) is 12.4 Å². The number of aryl methyl sites for hydroxylation is 1. The molecular weight excluding hydrogens is 444 g/mol. The highest BCUT2D eigenvalue weighted by molar-refractivity contribution is 7.90. The van der Waals surface area contributed by atoms with Crippen LogP contribution in [0.25, 0.3) is 10.9 Å². The van der Waals surface area contributed by atoms with Gasteiger partial charge in [-0.15, -0.1) is 0 Å². The average Bonchev–Trinajstić information content (AvgIpc) is 3.21. The van der Waals surface area contributed by atoms with E-state index in [0.717, 1.165) is 3.97 Å². The van der Waals surface area contributed by atoms with E-state index in [9.17, 15) is 18.0 Å². The molecule has 0 spiro atoms. The number of benzene rings is 2. The zero-order valence-corrected chi connectivity index (χ0v) is 18.5. The van der Waals surface area contributed by atoms with Crippen LogP contribution in [0.3, 0.4) is 0 Å². The Balaban J connectivity index is 1.81. The van der Waals surface area contributed by atoms with Gasteiger partial charge in [-0.2, -0.15) is 0 Å². The molecule has 0 saturated heterocycles. The summed E-state index contributed by atoms with van der Waals surface area (Å²) in [4.78, 5) is 27.8. The minimum atomic E-state index is -4.09. The van der Waals surface area contributed by atoms with Crippen molar-refractivity contribution in [1.82, 2.24) is 8.96 Å². The topological polar surface area (TPSA) is 116 Å². The summed E-state index contributed by atoms with van der Waals surface area (Å²) < 4.78 is 33.5. The summed E-state index contributed by atoms with van der Waals surface area (Å²) >= 11 is 0. The lowest BCUT2D eigenvalue weighted by Gasteiger charge is -2.09. The highest BCUT2D eigenvalue weighted by Gasteiger charge is 2.23. The van der Waals surface area contributed by atoms with Crippen molar-refractivity contribution in [3.05, 3.63) is 89.9 Å². The van der Waals surface area contributed by atoms with Crippen molar-refractivity contribution in [2.45, 2.75) is 17.7 Å². The Morgan fingerprint density at radius 1 is 1.06 bits per heavy atom. The van der Waals surface area contributed by atoms with Crippen molar-refractivity contribution >= 4 is 32.7 Å². The van der Waals surface area contributed by atoms with E-state index < -0.39 is 21.8 Å². The molecule has 0 unspecified atom stereocenters. The molecule has 0 amide bonds.